The lowest BCUT2D eigenvalue weighted by Gasteiger charge is -2.51. The van der Waals surface area contributed by atoms with Gasteiger partial charge in [0.15, 0.2) is 0 Å². The molecule has 0 aromatic carbocycles. The molecule has 0 aromatic rings. The van der Waals surface area contributed by atoms with Gasteiger partial charge in [-0.15, -0.1) is 0 Å². The van der Waals surface area contributed by atoms with E-state index in [4.69, 9.17) is 4.74 Å². The second-order valence-corrected chi connectivity index (χ2v) is 5.07. The summed E-state index contributed by atoms with van der Waals surface area (Å²) < 4.78 is 6.00. The molecule has 2 bridgehead atoms. The van der Waals surface area contributed by atoms with Gasteiger partial charge in [-0.3, -0.25) is 0 Å². The topological polar surface area (TPSA) is 29.5 Å². The molecule has 0 radical (unpaired) electrons. The Bertz CT molecular complexity index is 174. The van der Waals surface area contributed by atoms with Crippen LogP contribution in [-0.2, 0) is 4.74 Å². The standard InChI is InChI=1S/C11H20O2/c1-9(2)13-11-6-3-10(12,4-7-11)5-8-11/h9,12H,3-8H2,1-2H3. The zero-order valence-electron chi connectivity index (χ0n) is 8.68. The lowest BCUT2D eigenvalue weighted by Crippen LogP contribution is -2.51. The van der Waals surface area contributed by atoms with Crippen molar-refractivity contribution in [1.82, 2.24) is 0 Å². The Morgan fingerprint density at radius 1 is 1.00 bits per heavy atom. The lowest BCUT2D eigenvalue weighted by molar-refractivity contribution is -0.181. The van der Waals surface area contributed by atoms with E-state index in [1.165, 1.54) is 0 Å². The van der Waals surface area contributed by atoms with Crippen molar-refractivity contribution >= 4 is 0 Å². The summed E-state index contributed by atoms with van der Waals surface area (Å²) in [4.78, 5) is 0. The van der Waals surface area contributed by atoms with Crippen molar-refractivity contribution in [3.63, 3.8) is 0 Å². The first-order valence-corrected chi connectivity index (χ1v) is 5.44. The molecule has 0 heterocycles. The van der Waals surface area contributed by atoms with Crippen LogP contribution < -0.4 is 0 Å². The second kappa shape index (κ2) is 2.96. The Morgan fingerprint density at radius 3 is 1.85 bits per heavy atom. The summed E-state index contributed by atoms with van der Waals surface area (Å²) in [5.74, 6) is 0. The van der Waals surface area contributed by atoms with Crippen LogP contribution in [0.4, 0.5) is 0 Å². The molecule has 2 nitrogen and oxygen atoms in total. The summed E-state index contributed by atoms with van der Waals surface area (Å²) in [6.45, 7) is 4.20. The third kappa shape index (κ3) is 1.75. The van der Waals surface area contributed by atoms with Crippen LogP contribution in [0, 0.1) is 0 Å². The van der Waals surface area contributed by atoms with Gasteiger partial charge >= 0.3 is 0 Å². The lowest BCUT2D eigenvalue weighted by atomic mass is 9.65. The summed E-state index contributed by atoms with van der Waals surface area (Å²) in [5, 5.41) is 10.0. The molecule has 0 aliphatic heterocycles. The van der Waals surface area contributed by atoms with Crippen LogP contribution in [-0.4, -0.2) is 22.4 Å². The van der Waals surface area contributed by atoms with Crippen LogP contribution >= 0.6 is 0 Å². The Kier molecular flexibility index (Phi) is 2.16. The minimum Gasteiger partial charge on any atom is -0.390 e. The predicted octanol–water partition coefficient (Wildman–Crippen LogP) is 2.25. The molecule has 3 saturated carbocycles. The Labute approximate surface area is 80.3 Å². The molecule has 0 unspecified atom stereocenters. The highest BCUT2D eigenvalue weighted by Crippen LogP contribution is 2.49. The zero-order valence-corrected chi connectivity index (χ0v) is 8.68. The zero-order chi connectivity index (χ0) is 9.53. The van der Waals surface area contributed by atoms with Gasteiger partial charge in [0, 0.05) is 0 Å². The van der Waals surface area contributed by atoms with Crippen LogP contribution in [0.25, 0.3) is 0 Å². The van der Waals surface area contributed by atoms with Gasteiger partial charge < -0.3 is 9.84 Å². The fourth-order valence-electron chi connectivity index (χ4n) is 2.81. The minimum atomic E-state index is -0.331. The average molecular weight is 184 g/mol. The van der Waals surface area contributed by atoms with Crippen molar-refractivity contribution < 1.29 is 9.84 Å². The van der Waals surface area contributed by atoms with E-state index in [9.17, 15) is 5.11 Å². The molecule has 76 valence electrons. The van der Waals surface area contributed by atoms with Crippen LogP contribution in [0.15, 0.2) is 0 Å². The van der Waals surface area contributed by atoms with Crippen molar-refractivity contribution in [2.45, 2.75) is 69.7 Å². The van der Waals surface area contributed by atoms with Gasteiger partial charge in [0.25, 0.3) is 0 Å². The van der Waals surface area contributed by atoms with Crippen molar-refractivity contribution in [2.24, 2.45) is 0 Å². The van der Waals surface area contributed by atoms with Gasteiger partial charge in [-0.25, -0.2) is 0 Å². The maximum atomic E-state index is 10.0. The highest BCUT2D eigenvalue weighted by Gasteiger charge is 2.48. The highest BCUT2D eigenvalue weighted by atomic mass is 16.5. The fourth-order valence-corrected chi connectivity index (χ4v) is 2.81. The molecule has 0 aromatic heterocycles. The van der Waals surface area contributed by atoms with Gasteiger partial charge in [0.05, 0.1) is 17.3 Å². The van der Waals surface area contributed by atoms with E-state index in [1.807, 2.05) is 0 Å². The minimum absolute atomic E-state index is 0.124. The summed E-state index contributed by atoms with van der Waals surface area (Å²) >= 11 is 0. The number of hydrogen-bond acceptors (Lipinski definition) is 2. The molecule has 13 heavy (non-hydrogen) atoms. The summed E-state index contributed by atoms with van der Waals surface area (Å²) in [6, 6.07) is 0. The summed E-state index contributed by atoms with van der Waals surface area (Å²) in [6.07, 6.45) is 6.33. The highest BCUT2D eigenvalue weighted by molar-refractivity contribution is 5.01. The number of ether oxygens (including phenoxy) is 1. The Hall–Kier alpha value is -0.0800. The largest absolute Gasteiger partial charge is 0.390 e. The first-order chi connectivity index (χ1) is 6.04. The molecule has 2 heteroatoms. The molecule has 0 amide bonds. The second-order valence-electron chi connectivity index (χ2n) is 5.07. The predicted molar refractivity (Wildman–Crippen MR) is 51.6 cm³/mol. The third-order valence-corrected chi connectivity index (χ3v) is 3.62. The molecule has 3 aliphatic carbocycles. The first-order valence-electron chi connectivity index (χ1n) is 5.44. The Morgan fingerprint density at radius 2 is 1.46 bits per heavy atom. The average Bonchev–Trinajstić information content (AvgIpc) is 2.07. The van der Waals surface area contributed by atoms with Crippen LogP contribution in [0.1, 0.15) is 52.4 Å². The van der Waals surface area contributed by atoms with Crippen molar-refractivity contribution in [2.75, 3.05) is 0 Å². The van der Waals surface area contributed by atoms with Crippen molar-refractivity contribution in [3.05, 3.63) is 0 Å². The first kappa shape index (κ1) is 9.47. The van der Waals surface area contributed by atoms with Gasteiger partial charge in [-0.05, 0) is 52.4 Å². The summed E-state index contributed by atoms with van der Waals surface area (Å²) in [5.41, 5.74) is -0.208. The van der Waals surface area contributed by atoms with E-state index in [0.29, 0.717) is 6.10 Å². The van der Waals surface area contributed by atoms with Gasteiger partial charge in [0.2, 0.25) is 0 Å². The van der Waals surface area contributed by atoms with Gasteiger partial charge in [0.1, 0.15) is 0 Å². The molecule has 3 rings (SSSR count). The maximum absolute atomic E-state index is 10.0. The van der Waals surface area contributed by atoms with E-state index in [0.717, 1.165) is 38.5 Å². The van der Waals surface area contributed by atoms with Crippen LogP contribution in [0.5, 0.6) is 0 Å². The molecule has 3 aliphatic rings. The van der Waals surface area contributed by atoms with Crippen LogP contribution in [0.3, 0.4) is 0 Å². The Balaban J connectivity index is 2.03. The van der Waals surface area contributed by atoms with E-state index < -0.39 is 0 Å². The molecule has 1 N–H and O–H groups in total. The normalized spacial score (nSPS) is 44.3. The number of fused-ring (bicyclic) bond motifs is 3. The van der Waals surface area contributed by atoms with E-state index in [-0.39, 0.29) is 11.2 Å². The third-order valence-electron chi connectivity index (χ3n) is 3.62. The van der Waals surface area contributed by atoms with E-state index >= 15 is 0 Å². The van der Waals surface area contributed by atoms with E-state index in [1.54, 1.807) is 0 Å². The SMILES string of the molecule is CC(C)OC12CCC(O)(CC1)CC2. The molecule has 3 fully saturated rings. The van der Waals surface area contributed by atoms with Gasteiger partial charge in [-0.1, -0.05) is 0 Å². The quantitative estimate of drug-likeness (QED) is 0.713. The molecule has 0 saturated heterocycles. The fraction of sp³-hybridized carbons (Fsp3) is 1.00. The maximum Gasteiger partial charge on any atom is 0.0689 e. The van der Waals surface area contributed by atoms with Crippen molar-refractivity contribution in [3.8, 4) is 0 Å². The smallest absolute Gasteiger partial charge is 0.0689 e. The van der Waals surface area contributed by atoms with Gasteiger partial charge in [-0.2, -0.15) is 0 Å². The monoisotopic (exact) mass is 184 g/mol. The van der Waals surface area contributed by atoms with Crippen molar-refractivity contribution in [1.29, 1.82) is 0 Å². The number of rotatable bonds is 2. The number of hydrogen-bond donors (Lipinski definition) is 1. The van der Waals surface area contributed by atoms with E-state index in [2.05, 4.69) is 13.8 Å². The molecular formula is C11H20O2. The molecular weight excluding hydrogens is 164 g/mol. The molecule has 0 spiro atoms. The molecule has 0 atom stereocenters. The number of aliphatic hydroxyl groups is 1. The van der Waals surface area contributed by atoms with Crippen LogP contribution in [0.2, 0.25) is 0 Å². The summed E-state index contributed by atoms with van der Waals surface area (Å²) in [7, 11) is 0.